The quantitative estimate of drug-likeness (QED) is 0.364. The molecule has 0 heterocycles. The van der Waals surface area contributed by atoms with Gasteiger partial charge in [0.1, 0.15) is 0 Å². The number of non-ortho nitro benzene ring substituents is 1. The van der Waals surface area contributed by atoms with Crippen molar-refractivity contribution < 1.29 is 4.92 Å². The molecule has 0 aliphatic rings. The first-order chi connectivity index (χ1) is 10.0. The summed E-state index contributed by atoms with van der Waals surface area (Å²) in [6, 6.07) is 14.1. The Hall–Kier alpha value is -2.93. The Labute approximate surface area is 123 Å². The second-order valence-electron chi connectivity index (χ2n) is 4.82. The maximum atomic E-state index is 10.6. The molecule has 0 aliphatic carbocycles. The molecule has 2 aromatic rings. The molecule has 2 aromatic carbocycles. The van der Waals surface area contributed by atoms with Crippen molar-refractivity contribution in [3.05, 3.63) is 74.8 Å². The third-order valence-electron chi connectivity index (χ3n) is 3.35. The Morgan fingerprint density at radius 3 is 2.33 bits per heavy atom. The normalized spacial score (nSPS) is 11.0. The van der Waals surface area contributed by atoms with E-state index >= 15 is 0 Å². The van der Waals surface area contributed by atoms with Crippen LogP contribution in [0.4, 0.5) is 5.69 Å². The van der Waals surface area contributed by atoms with E-state index in [1.807, 2.05) is 32.0 Å². The number of benzene rings is 2. The fourth-order valence-electron chi connectivity index (χ4n) is 1.96. The van der Waals surface area contributed by atoms with Crippen molar-refractivity contribution >= 4 is 17.3 Å². The van der Waals surface area contributed by atoms with Gasteiger partial charge in [0.25, 0.3) is 5.69 Å². The van der Waals surface area contributed by atoms with Crippen LogP contribution in [0, 0.1) is 35.3 Å². The average molecular weight is 278 g/mol. The van der Waals surface area contributed by atoms with E-state index in [4.69, 9.17) is 0 Å². The summed E-state index contributed by atoms with van der Waals surface area (Å²) in [5.41, 5.74) is 4.45. The van der Waals surface area contributed by atoms with E-state index in [2.05, 4.69) is 6.07 Å². The minimum atomic E-state index is -0.455. The molecule has 0 fully saturated rings. The van der Waals surface area contributed by atoms with Crippen molar-refractivity contribution in [2.24, 2.45) is 0 Å². The summed E-state index contributed by atoms with van der Waals surface area (Å²) in [6.07, 6.45) is 1.79. The number of nitriles is 1. The van der Waals surface area contributed by atoms with Crippen LogP contribution in [0.15, 0.2) is 42.5 Å². The van der Waals surface area contributed by atoms with Gasteiger partial charge in [-0.3, -0.25) is 10.1 Å². The maximum Gasteiger partial charge on any atom is 0.269 e. The first kappa shape index (κ1) is 14.5. The van der Waals surface area contributed by atoms with Crippen molar-refractivity contribution in [1.82, 2.24) is 0 Å². The molecule has 104 valence electrons. The van der Waals surface area contributed by atoms with Gasteiger partial charge < -0.3 is 0 Å². The summed E-state index contributed by atoms with van der Waals surface area (Å²) in [6.45, 7) is 4.05. The van der Waals surface area contributed by atoms with Gasteiger partial charge >= 0.3 is 0 Å². The molecule has 0 saturated heterocycles. The smallest absolute Gasteiger partial charge is 0.258 e. The van der Waals surface area contributed by atoms with Gasteiger partial charge in [-0.15, -0.1) is 0 Å². The van der Waals surface area contributed by atoms with Gasteiger partial charge in [0.15, 0.2) is 0 Å². The zero-order valence-corrected chi connectivity index (χ0v) is 11.8. The van der Waals surface area contributed by atoms with E-state index in [1.165, 1.54) is 17.7 Å². The SMILES string of the molecule is Cc1ccc(/C=C(/C#N)c2ccc([N+](=O)[O-])cc2)cc1C. The second-order valence-corrected chi connectivity index (χ2v) is 4.82. The van der Waals surface area contributed by atoms with Crippen LogP contribution in [0.2, 0.25) is 0 Å². The first-order valence-electron chi connectivity index (χ1n) is 6.45. The number of nitro benzene ring substituents is 1. The fraction of sp³-hybridized carbons (Fsp3) is 0.118. The van der Waals surface area contributed by atoms with Gasteiger partial charge in [0.2, 0.25) is 0 Å². The summed E-state index contributed by atoms with van der Waals surface area (Å²) in [7, 11) is 0. The molecule has 21 heavy (non-hydrogen) atoms. The molecule has 0 unspecified atom stereocenters. The van der Waals surface area contributed by atoms with E-state index in [9.17, 15) is 15.4 Å². The van der Waals surface area contributed by atoms with Gasteiger partial charge in [-0.05, 0) is 54.3 Å². The minimum absolute atomic E-state index is 0.0159. The topological polar surface area (TPSA) is 66.9 Å². The lowest BCUT2D eigenvalue weighted by Crippen LogP contribution is -1.89. The summed E-state index contributed by atoms with van der Waals surface area (Å²) < 4.78 is 0. The number of hydrogen-bond donors (Lipinski definition) is 0. The summed E-state index contributed by atoms with van der Waals surface area (Å²) in [4.78, 5) is 10.2. The van der Waals surface area contributed by atoms with Gasteiger partial charge in [0, 0.05) is 12.1 Å². The van der Waals surface area contributed by atoms with Gasteiger partial charge in [-0.2, -0.15) is 5.26 Å². The Kier molecular flexibility index (Phi) is 4.15. The largest absolute Gasteiger partial charge is 0.269 e. The molecule has 0 atom stereocenters. The zero-order chi connectivity index (χ0) is 15.4. The molecule has 0 bridgehead atoms. The molecule has 0 saturated carbocycles. The van der Waals surface area contributed by atoms with Crippen LogP contribution in [0.25, 0.3) is 11.6 Å². The Morgan fingerprint density at radius 1 is 1.14 bits per heavy atom. The number of nitrogens with zero attached hydrogens (tertiary/aromatic N) is 2. The maximum absolute atomic E-state index is 10.6. The highest BCUT2D eigenvalue weighted by Gasteiger charge is 2.07. The number of allylic oxidation sites excluding steroid dienone is 1. The van der Waals surface area contributed by atoms with Gasteiger partial charge in [-0.1, -0.05) is 18.2 Å². The lowest BCUT2D eigenvalue weighted by molar-refractivity contribution is -0.384. The fourth-order valence-corrected chi connectivity index (χ4v) is 1.96. The molecule has 2 rings (SSSR count). The van der Waals surface area contributed by atoms with E-state index in [1.54, 1.807) is 18.2 Å². The molecule has 0 radical (unpaired) electrons. The molecule has 0 amide bonds. The Morgan fingerprint density at radius 2 is 1.81 bits per heavy atom. The predicted octanol–water partition coefficient (Wildman–Crippen LogP) is 4.28. The lowest BCUT2D eigenvalue weighted by atomic mass is 10.0. The van der Waals surface area contributed by atoms with Crippen molar-refractivity contribution in [2.45, 2.75) is 13.8 Å². The Bertz CT molecular complexity index is 753. The predicted molar refractivity (Wildman–Crippen MR) is 82.5 cm³/mol. The number of aryl methyl sites for hydroxylation is 2. The van der Waals surface area contributed by atoms with E-state index in [0.717, 1.165) is 11.1 Å². The highest BCUT2D eigenvalue weighted by molar-refractivity contribution is 5.89. The molecule has 0 aliphatic heterocycles. The second kappa shape index (κ2) is 6.02. The van der Waals surface area contributed by atoms with Crippen LogP contribution in [0.1, 0.15) is 22.3 Å². The van der Waals surface area contributed by atoms with Gasteiger partial charge in [-0.25, -0.2) is 0 Å². The van der Waals surface area contributed by atoms with Crippen molar-refractivity contribution in [3.8, 4) is 6.07 Å². The van der Waals surface area contributed by atoms with Crippen LogP contribution >= 0.6 is 0 Å². The number of hydrogen-bond acceptors (Lipinski definition) is 3. The summed E-state index contributed by atoms with van der Waals surface area (Å²) >= 11 is 0. The first-order valence-corrected chi connectivity index (χ1v) is 6.45. The van der Waals surface area contributed by atoms with Crippen molar-refractivity contribution in [3.63, 3.8) is 0 Å². The van der Waals surface area contributed by atoms with Gasteiger partial charge in [0.05, 0.1) is 16.6 Å². The van der Waals surface area contributed by atoms with E-state index in [-0.39, 0.29) is 5.69 Å². The van der Waals surface area contributed by atoms with E-state index in [0.29, 0.717) is 11.1 Å². The average Bonchev–Trinajstić information content (AvgIpc) is 2.48. The van der Waals surface area contributed by atoms with E-state index < -0.39 is 4.92 Å². The molecular weight excluding hydrogens is 264 g/mol. The molecule has 4 heteroatoms. The summed E-state index contributed by atoms with van der Waals surface area (Å²) in [5.74, 6) is 0. The zero-order valence-electron chi connectivity index (χ0n) is 11.8. The Balaban J connectivity index is 2.39. The van der Waals surface area contributed by atoms with Crippen molar-refractivity contribution in [2.75, 3.05) is 0 Å². The van der Waals surface area contributed by atoms with Crippen LogP contribution < -0.4 is 0 Å². The lowest BCUT2D eigenvalue weighted by Gasteiger charge is -2.03. The van der Waals surface area contributed by atoms with Crippen LogP contribution in [0.5, 0.6) is 0 Å². The van der Waals surface area contributed by atoms with Crippen LogP contribution in [-0.4, -0.2) is 4.92 Å². The third kappa shape index (κ3) is 3.34. The molecule has 4 nitrogen and oxygen atoms in total. The highest BCUT2D eigenvalue weighted by Crippen LogP contribution is 2.21. The molecular formula is C17H14N2O2. The molecule has 0 spiro atoms. The highest BCUT2D eigenvalue weighted by atomic mass is 16.6. The number of nitro groups is 1. The van der Waals surface area contributed by atoms with Crippen molar-refractivity contribution in [1.29, 1.82) is 5.26 Å². The number of rotatable bonds is 3. The third-order valence-corrected chi connectivity index (χ3v) is 3.35. The standard InChI is InChI=1S/C17H14N2O2/c1-12-3-4-14(9-13(12)2)10-16(11-18)15-5-7-17(8-6-15)19(20)21/h3-10H,1-2H3/b16-10-. The molecule has 0 aromatic heterocycles. The van der Waals surface area contributed by atoms with Crippen LogP contribution in [0.3, 0.4) is 0 Å². The minimum Gasteiger partial charge on any atom is -0.258 e. The summed E-state index contributed by atoms with van der Waals surface area (Å²) in [5, 5.41) is 19.9. The monoisotopic (exact) mass is 278 g/mol. The van der Waals surface area contributed by atoms with Crippen LogP contribution in [-0.2, 0) is 0 Å². The molecule has 0 N–H and O–H groups in total.